The number of aromatic nitrogens is 1. The minimum atomic E-state index is 0.611. The molecule has 1 aromatic heterocycles. The Morgan fingerprint density at radius 2 is 1.94 bits per heavy atom. The van der Waals surface area contributed by atoms with Crippen LogP contribution in [0.15, 0.2) is 47.6 Å². The third-order valence-electron chi connectivity index (χ3n) is 2.13. The van der Waals surface area contributed by atoms with Crippen molar-refractivity contribution in [2.24, 2.45) is 0 Å². The molecule has 0 spiro atoms. The van der Waals surface area contributed by atoms with Crippen molar-refractivity contribution in [3.8, 4) is 0 Å². The predicted molar refractivity (Wildman–Crippen MR) is 69.7 cm³/mol. The molecule has 0 atom stereocenters. The van der Waals surface area contributed by atoms with Gasteiger partial charge in [-0.15, -0.1) is 11.8 Å². The van der Waals surface area contributed by atoms with Crippen LogP contribution < -0.4 is 5.73 Å². The zero-order valence-corrected chi connectivity index (χ0v) is 10.1. The third-order valence-corrected chi connectivity index (χ3v) is 3.52. The van der Waals surface area contributed by atoms with Crippen LogP contribution in [-0.2, 0) is 5.75 Å². The fourth-order valence-corrected chi connectivity index (χ4v) is 2.38. The normalized spacial score (nSPS) is 10.3. The van der Waals surface area contributed by atoms with Crippen molar-refractivity contribution in [3.63, 3.8) is 0 Å². The molecule has 4 heteroatoms. The highest BCUT2D eigenvalue weighted by atomic mass is 35.5. The van der Waals surface area contributed by atoms with Crippen LogP contribution in [0.4, 0.5) is 5.69 Å². The van der Waals surface area contributed by atoms with Crippen molar-refractivity contribution in [3.05, 3.63) is 53.3 Å². The highest BCUT2D eigenvalue weighted by Gasteiger charge is 1.99. The first-order valence-electron chi connectivity index (χ1n) is 4.82. The summed E-state index contributed by atoms with van der Waals surface area (Å²) >= 11 is 7.68. The van der Waals surface area contributed by atoms with Crippen LogP contribution in [0.1, 0.15) is 5.56 Å². The summed E-state index contributed by atoms with van der Waals surface area (Å²) in [4.78, 5) is 5.10. The molecule has 0 saturated heterocycles. The van der Waals surface area contributed by atoms with Gasteiger partial charge in [-0.2, -0.15) is 0 Å². The number of thioether (sulfide) groups is 1. The average Bonchev–Trinajstić information content (AvgIpc) is 2.32. The maximum atomic E-state index is 5.95. The number of halogens is 1. The fraction of sp³-hybridized carbons (Fsp3) is 0.0833. The van der Waals surface area contributed by atoms with E-state index in [4.69, 9.17) is 17.3 Å². The second kappa shape index (κ2) is 5.23. The lowest BCUT2D eigenvalue weighted by atomic mass is 10.3. The van der Waals surface area contributed by atoms with Gasteiger partial charge in [-0.05, 0) is 35.9 Å². The van der Waals surface area contributed by atoms with E-state index < -0.39 is 0 Å². The van der Waals surface area contributed by atoms with Gasteiger partial charge < -0.3 is 5.73 Å². The van der Waals surface area contributed by atoms with Crippen molar-refractivity contribution < 1.29 is 0 Å². The predicted octanol–water partition coefficient (Wildman–Crippen LogP) is 3.61. The van der Waals surface area contributed by atoms with Gasteiger partial charge in [-0.25, -0.2) is 0 Å². The summed E-state index contributed by atoms with van der Waals surface area (Å²) in [7, 11) is 0. The molecule has 0 saturated carbocycles. The molecular formula is C12H11ClN2S. The number of rotatable bonds is 3. The largest absolute Gasteiger partial charge is 0.398 e. The van der Waals surface area contributed by atoms with Gasteiger partial charge in [0.25, 0.3) is 0 Å². The van der Waals surface area contributed by atoms with Crippen LogP contribution in [-0.4, -0.2) is 4.98 Å². The molecule has 2 nitrogen and oxygen atoms in total. The van der Waals surface area contributed by atoms with Crippen molar-refractivity contribution >= 4 is 29.1 Å². The van der Waals surface area contributed by atoms with Gasteiger partial charge in [-0.3, -0.25) is 4.98 Å². The Morgan fingerprint density at radius 1 is 1.19 bits per heavy atom. The van der Waals surface area contributed by atoms with Gasteiger partial charge in [0.2, 0.25) is 0 Å². The molecule has 2 aromatic rings. The SMILES string of the molecule is Nc1ccc(SCc2ccncc2)cc1Cl. The van der Waals surface area contributed by atoms with Gasteiger partial charge in [0.1, 0.15) is 0 Å². The standard InChI is InChI=1S/C12H11ClN2S/c13-11-7-10(1-2-12(11)14)16-8-9-3-5-15-6-4-9/h1-7H,8,14H2. The smallest absolute Gasteiger partial charge is 0.0646 e. The molecular weight excluding hydrogens is 240 g/mol. The van der Waals surface area contributed by atoms with Gasteiger partial charge in [0.15, 0.2) is 0 Å². The number of benzene rings is 1. The Morgan fingerprint density at radius 3 is 2.62 bits per heavy atom. The summed E-state index contributed by atoms with van der Waals surface area (Å²) in [6.07, 6.45) is 3.59. The number of pyridine rings is 1. The van der Waals surface area contributed by atoms with Gasteiger partial charge >= 0.3 is 0 Å². The zero-order chi connectivity index (χ0) is 11.4. The molecule has 1 heterocycles. The van der Waals surface area contributed by atoms with E-state index in [-0.39, 0.29) is 0 Å². The van der Waals surface area contributed by atoms with E-state index >= 15 is 0 Å². The first-order valence-corrected chi connectivity index (χ1v) is 6.19. The first kappa shape index (κ1) is 11.3. The maximum Gasteiger partial charge on any atom is 0.0646 e. The Labute approximate surface area is 104 Å². The van der Waals surface area contributed by atoms with Crippen LogP contribution in [0.5, 0.6) is 0 Å². The van der Waals surface area contributed by atoms with Gasteiger partial charge in [0, 0.05) is 23.0 Å². The molecule has 0 amide bonds. The van der Waals surface area contributed by atoms with Crippen molar-refractivity contribution in [2.75, 3.05) is 5.73 Å². The number of anilines is 1. The zero-order valence-electron chi connectivity index (χ0n) is 8.56. The lowest BCUT2D eigenvalue weighted by Gasteiger charge is -2.03. The Hall–Kier alpha value is -1.19. The molecule has 0 bridgehead atoms. The molecule has 16 heavy (non-hydrogen) atoms. The van der Waals surface area contributed by atoms with Crippen LogP contribution >= 0.6 is 23.4 Å². The average molecular weight is 251 g/mol. The maximum absolute atomic E-state index is 5.95. The first-order chi connectivity index (χ1) is 7.75. The van der Waals surface area contributed by atoms with Gasteiger partial charge in [0.05, 0.1) is 10.7 Å². The highest BCUT2D eigenvalue weighted by molar-refractivity contribution is 7.98. The number of nitrogens with zero attached hydrogens (tertiary/aromatic N) is 1. The van der Waals surface area contributed by atoms with E-state index in [0.717, 1.165) is 10.6 Å². The van der Waals surface area contributed by atoms with Crippen molar-refractivity contribution in [1.29, 1.82) is 0 Å². The van der Waals surface area contributed by atoms with E-state index in [1.165, 1.54) is 5.56 Å². The molecule has 2 N–H and O–H groups in total. The van der Waals surface area contributed by atoms with Crippen LogP contribution in [0.3, 0.4) is 0 Å². The quantitative estimate of drug-likeness (QED) is 0.668. The lowest BCUT2D eigenvalue weighted by Crippen LogP contribution is -1.86. The summed E-state index contributed by atoms with van der Waals surface area (Å²) < 4.78 is 0. The van der Waals surface area contributed by atoms with Crippen molar-refractivity contribution in [1.82, 2.24) is 4.98 Å². The number of hydrogen-bond donors (Lipinski definition) is 1. The number of nitrogen functional groups attached to an aromatic ring is 1. The summed E-state index contributed by atoms with van der Waals surface area (Å²) in [5.41, 5.74) is 7.51. The summed E-state index contributed by atoms with van der Waals surface area (Å²) in [5.74, 6) is 0.906. The fourth-order valence-electron chi connectivity index (χ4n) is 1.24. The van der Waals surface area contributed by atoms with E-state index in [9.17, 15) is 0 Å². The second-order valence-corrected chi connectivity index (χ2v) is 4.78. The van der Waals surface area contributed by atoms with Crippen molar-refractivity contribution in [2.45, 2.75) is 10.6 Å². The Balaban J connectivity index is 2.03. The highest BCUT2D eigenvalue weighted by Crippen LogP contribution is 2.28. The summed E-state index contributed by atoms with van der Waals surface area (Å²) in [6.45, 7) is 0. The minimum Gasteiger partial charge on any atom is -0.398 e. The van der Waals surface area contributed by atoms with Crippen LogP contribution in [0.25, 0.3) is 0 Å². The molecule has 1 aromatic carbocycles. The summed E-state index contributed by atoms with van der Waals surface area (Å²) in [6, 6.07) is 9.71. The Kier molecular flexibility index (Phi) is 3.70. The second-order valence-electron chi connectivity index (χ2n) is 3.33. The van der Waals surface area contributed by atoms with Gasteiger partial charge in [-0.1, -0.05) is 11.6 Å². The molecule has 0 radical (unpaired) electrons. The van der Waals surface area contributed by atoms with Crippen LogP contribution in [0.2, 0.25) is 5.02 Å². The molecule has 0 aliphatic rings. The van der Waals surface area contributed by atoms with E-state index in [2.05, 4.69) is 4.98 Å². The molecule has 0 aliphatic carbocycles. The monoisotopic (exact) mass is 250 g/mol. The molecule has 0 aliphatic heterocycles. The minimum absolute atomic E-state index is 0.611. The van der Waals surface area contributed by atoms with E-state index in [1.54, 1.807) is 24.2 Å². The number of nitrogens with two attached hydrogens (primary N) is 1. The van der Waals surface area contributed by atoms with E-state index in [0.29, 0.717) is 10.7 Å². The topological polar surface area (TPSA) is 38.9 Å². The lowest BCUT2D eigenvalue weighted by molar-refractivity contribution is 1.27. The molecule has 0 fully saturated rings. The van der Waals surface area contributed by atoms with E-state index in [1.807, 2.05) is 30.3 Å². The Bertz CT molecular complexity index is 474. The summed E-state index contributed by atoms with van der Waals surface area (Å²) in [5, 5.41) is 0.611. The molecule has 82 valence electrons. The molecule has 0 unspecified atom stereocenters. The molecule has 2 rings (SSSR count). The number of hydrogen-bond acceptors (Lipinski definition) is 3. The van der Waals surface area contributed by atoms with Crippen LogP contribution in [0, 0.1) is 0 Å². The third kappa shape index (κ3) is 2.90.